The molecule has 2 aliphatic heterocycles. The van der Waals surface area contributed by atoms with Crippen LogP contribution in [0.1, 0.15) is 65.4 Å². The van der Waals surface area contributed by atoms with Gasteiger partial charge in [0.1, 0.15) is 11.4 Å². The Labute approximate surface area is 169 Å². The van der Waals surface area contributed by atoms with E-state index in [0.29, 0.717) is 24.0 Å². The molecule has 150 valence electrons. The molecule has 2 aliphatic rings. The molecule has 2 aromatic carbocycles. The van der Waals surface area contributed by atoms with E-state index in [1.54, 1.807) is 24.3 Å². The maximum atomic E-state index is 12.5. The molecule has 6 heteroatoms. The maximum absolute atomic E-state index is 12.5. The largest absolute Gasteiger partial charge is 0.487 e. The number of carbonyl (C=O) groups is 3. The fourth-order valence-corrected chi connectivity index (χ4v) is 4.04. The first-order valence-corrected chi connectivity index (χ1v) is 9.88. The van der Waals surface area contributed by atoms with Gasteiger partial charge in [0.2, 0.25) is 5.91 Å². The average molecular weight is 392 g/mol. The highest BCUT2D eigenvalue weighted by molar-refractivity contribution is 6.21. The highest BCUT2D eigenvalue weighted by Gasteiger charge is 2.36. The van der Waals surface area contributed by atoms with Crippen LogP contribution in [0, 0.1) is 0 Å². The molecule has 1 atom stereocenters. The summed E-state index contributed by atoms with van der Waals surface area (Å²) in [4.78, 5) is 38.6. The van der Waals surface area contributed by atoms with Crippen LogP contribution in [0.5, 0.6) is 5.75 Å². The summed E-state index contributed by atoms with van der Waals surface area (Å²) in [5.74, 6) is 0.122. The molecule has 4 rings (SSSR count). The fourth-order valence-electron chi connectivity index (χ4n) is 4.04. The van der Waals surface area contributed by atoms with Crippen molar-refractivity contribution >= 4 is 17.7 Å². The molecule has 0 aromatic heterocycles. The number of nitrogens with zero attached hydrogens (tertiary/aromatic N) is 1. The molecule has 0 unspecified atom stereocenters. The van der Waals surface area contributed by atoms with E-state index in [-0.39, 0.29) is 42.3 Å². The van der Waals surface area contributed by atoms with Crippen molar-refractivity contribution in [3.63, 3.8) is 0 Å². The first-order chi connectivity index (χ1) is 13.9. The SMILES string of the molecule is CC1(C)C[C@H](NC(=O)CCCN2C(=O)c3ccccc3C2=O)c2ccccc2O1. The van der Waals surface area contributed by atoms with Gasteiger partial charge in [-0.25, -0.2) is 0 Å². The predicted octanol–water partition coefficient (Wildman–Crippen LogP) is 3.48. The number of rotatable bonds is 5. The number of carbonyl (C=O) groups excluding carboxylic acids is 3. The zero-order valence-corrected chi connectivity index (χ0v) is 16.6. The first kappa shape index (κ1) is 19.2. The van der Waals surface area contributed by atoms with Crippen molar-refractivity contribution in [1.82, 2.24) is 10.2 Å². The smallest absolute Gasteiger partial charge is 0.261 e. The summed E-state index contributed by atoms with van der Waals surface area (Å²) in [5, 5.41) is 3.09. The van der Waals surface area contributed by atoms with E-state index in [1.165, 1.54) is 4.90 Å². The van der Waals surface area contributed by atoms with Gasteiger partial charge in [0, 0.05) is 24.9 Å². The minimum absolute atomic E-state index is 0.0980. The molecular formula is C23H24N2O4. The molecule has 0 bridgehead atoms. The molecule has 0 radical (unpaired) electrons. The minimum Gasteiger partial charge on any atom is -0.487 e. The van der Waals surface area contributed by atoms with Crippen LogP contribution in [0.2, 0.25) is 0 Å². The third-order valence-corrected chi connectivity index (χ3v) is 5.38. The van der Waals surface area contributed by atoms with Crippen LogP contribution >= 0.6 is 0 Å². The number of hydrogen-bond donors (Lipinski definition) is 1. The van der Waals surface area contributed by atoms with Crippen LogP contribution in [0.25, 0.3) is 0 Å². The van der Waals surface area contributed by atoms with Crippen molar-refractivity contribution in [2.24, 2.45) is 0 Å². The van der Waals surface area contributed by atoms with E-state index in [2.05, 4.69) is 5.32 Å². The maximum Gasteiger partial charge on any atom is 0.261 e. The van der Waals surface area contributed by atoms with Gasteiger partial charge in [-0.2, -0.15) is 0 Å². The normalized spacial score (nSPS) is 19.4. The zero-order valence-electron chi connectivity index (χ0n) is 16.6. The molecule has 0 saturated carbocycles. The van der Waals surface area contributed by atoms with E-state index in [4.69, 9.17) is 4.74 Å². The number of amides is 3. The van der Waals surface area contributed by atoms with Crippen molar-refractivity contribution in [2.75, 3.05) is 6.54 Å². The summed E-state index contributed by atoms with van der Waals surface area (Å²) in [5.41, 5.74) is 1.47. The summed E-state index contributed by atoms with van der Waals surface area (Å²) >= 11 is 0. The van der Waals surface area contributed by atoms with Gasteiger partial charge in [0.15, 0.2) is 0 Å². The van der Waals surface area contributed by atoms with Crippen molar-refractivity contribution in [3.8, 4) is 5.75 Å². The molecule has 0 fully saturated rings. The fraction of sp³-hybridized carbons (Fsp3) is 0.348. The van der Waals surface area contributed by atoms with Crippen LogP contribution in [0.15, 0.2) is 48.5 Å². The van der Waals surface area contributed by atoms with Gasteiger partial charge in [0.25, 0.3) is 11.8 Å². The van der Waals surface area contributed by atoms with E-state index in [9.17, 15) is 14.4 Å². The van der Waals surface area contributed by atoms with Gasteiger partial charge in [-0.15, -0.1) is 0 Å². The number of ether oxygens (including phenoxy) is 1. The molecule has 29 heavy (non-hydrogen) atoms. The number of para-hydroxylation sites is 1. The molecule has 2 heterocycles. The van der Waals surface area contributed by atoms with Crippen LogP contribution < -0.4 is 10.1 Å². The van der Waals surface area contributed by atoms with Crippen LogP contribution in [0.4, 0.5) is 0 Å². The van der Waals surface area contributed by atoms with Gasteiger partial charge >= 0.3 is 0 Å². The number of hydrogen-bond acceptors (Lipinski definition) is 4. The molecule has 1 N–H and O–H groups in total. The van der Waals surface area contributed by atoms with Gasteiger partial charge in [-0.1, -0.05) is 30.3 Å². The summed E-state index contributed by atoms with van der Waals surface area (Å²) in [6.07, 6.45) is 1.34. The molecule has 0 aliphatic carbocycles. The van der Waals surface area contributed by atoms with E-state index < -0.39 is 0 Å². The molecule has 0 saturated heterocycles. The Kier molecular flexibility index (Phi) is 4.86. The van der Waals surface area contributed by atoms with Gasteiger partial charge < -0.3 is 10.1 Å². The standard InChI is InChI=1S/C23H24N2O4/c1-23(2)14-18(17-10-5-6-11-19(17)29-23)24-20(26)12-7-13-25-21(27)15-8-3-4-9-16(15)22(25)28/h3-6,8-11,18H,7,12-14H2,1-2H3,(H,24,26)/t18-/m0/s1. The third-order valence-electron chi connectivity index (χ3n) is 5.38. The lowest BCUT2D eigenvalue weighted by Crippen LogP contribution is -2.41. The third kappa shape index (κ3) is 3.75. The van der Waals surface area contributed by atoms with Crippen molar-refractivity contribution in [1.29, 1.82) is 0 Å². The number of imide groups is 1. The highest BCUT2D eigenvalue weighted by atomic mass is 16.5. The Hall–Kier alpha value is -3.15. The summed E-state index contributed by atoms with van der Waals surface area (Å²) in [6, 6.07) is 14.4. The van der Waals surface area contributed by atoms with Crippen molar-refractivity contribution in [2.45, 2.75) is 44.8 Å². The van der Waals surface area contributed by atoms with Crippen LogP contribution in [0.3, 0.4) is 0 Å². The molecule has 0 spiro atoms. The predicted molar refractivity (Wildman–Crippen MR) is 108 cm³/mol. The second-order valence-electron chi connectivity index (χ2n) is 8.13. The number of fused-ring (bicyclic) bond motifs is 2. The molecule has 6 nitrogen and oxygen atoms in total. The first-order valence-electron chi connectivity index (χ1n) is 9.88. The Morgan fingerprint density at radius 2 is 1.69 bits per heavy atom. The van der Waals surface area contributed by atoms with E-state index in [1.807, 2.05) is 38.1 Å². The average Bonchev–Trinajstić information content (AvgIpc) is 2.92. The number of benzene rings is 2. The minimum atomic E-state index is -0.369. The lowest BCUT2D eigenvalue weighted by Gasteiger charge is -2.37. The highest BCUT2D eigenvalue weighted by Crippen LogP contribution is 2.39. The van der Waals surface area contributed by atoms with Crippen LogP contribution in [-0.2, 0) is 4.79 Å². The lowest BCUT2D eigenvalue weighted by molar-refractivity contribution is -0.122. The summed E-state index contributed by atoms with van der Waals surface area (Å²) in [7, 11) is 0. The van der Waals surface area contributed by atoms with E-state index in [0.717, 1.165) is 11.3 Å². The monoisotopic (exact) mass is 392 g/mol. The Bertz CT molecular complexity index is 947. The van der Waals surface area contributed by atoms with Gasteiger partial charge in [-0.05, 0) is 38.5 Å². The lowest BCUT2D eigenvalue weighted by atomic mass is 9.89. The Morgan fingerprint density at radius 1 is 1.07 bits per heavy atom. The number of nitrogens with one attached hydrogen (secondary N) is 1. The Balaban J connectivity index is 1.35. The topological polar surface area (TPSA) is 75.7 Å². The molecule has 2 aromatic rings. The van der Waals surface area contributed by atoms with Gasteiger partial charge in [-0.3, -0.25) is 19.3 Å². The Morgan fingerprint density at radius 3 is 2.38 bits per heavy atom. The molecule has 3 amide bonds. The van der Waals surface area contributed by atoms with E-state index >= 15 is 0 Å². The molecular weight excluding hydrogens is 368 g/mol. The second kappa shape index (κ2) is 7.35. The second-order valence-corrected chi connectivity index (χ2v) is 8.13. The quantitative estimate of drug-likeness (QED) is 0.791. The van der Waals surface area contributed by atoms with Crippen molar-refractivity contribution < 1.29 is 19.1 Å². The van der Waals surface area contributed by atoms with Gasteiger partial charge in [0.05, 0.1) is 17.2 Å². The summed E-state index contributed by atoms with van der Waals surface area (Å²) in [6.45, 7) is 4.24. The summed E-state index contributed by atoms with van der Waals surface area (Å²) < 4.78 is 6.00. The zero-order chi connectivity index (χ0) is 20.6. The van der Waals surface area contributed by atoms with Crippen molar-refractivity contribution in [3.05, 3.63) is 65.2 Å². The van der Waals surface area contributed by atoms with Crippen LogP contribution in [-0.4, -0.2) is 34.8 Å².